The van der Waals surface area contributed by atoms with E-state index in [1.54, 1.807) is 30.9 Å². The molecule has 14 heteroatoms. The molecule has 12 nitrogen and oxygen atoms in total. The first-order chi connectivity index (χ1) is 25.6. The fourth-order valence-corrected chi connectivity index (χ4v) is 7.41. The number of hydrogen-bond donors (Lipinski definition) is 4. The molecule has 3 unspecified atom stereocenters. The Hall–Kier alpha value is -4.21. The molecule has 2 amide bonds. The molecule has 3 aromatic carbocycles. The van der Waals surface area contributed by atoms with E-state index in [0.717, 1.165) is 28.6 Å². The minimum absolute atomic E-state index is 0.0586. The van der Waals surface area contributed by atoms with Crippen LogP contribution >= 0.6 is 0 Å². The van der Waals surface area contributed by atoms with Gasteiger partial charge in [0.2, 0.25) is 21.8 Å². The lowest BCUT2D eigenvalue weighted by molar-refractivity contribution is -0.212. The van der Waals surface area contributed by atoms with Crippen molar-refractivity contribution in [2.24, 2.45) is 11.8 Å². The lowest BCUT2D eigenvalue weighted by Crippen LogP contribution is -2.55. The lowest BCUT2D eigenvalue weighted by atomic mass is 9.78. The first-order valence-electron chi connectivity index (χ1n) is 18.3. The van der Waals surface area contributed by atoms with E-state index in [1.165, 1.54) is 12.1 Å². The Morgan fingerprint density at radius 3 is 2.20 bits per heavy atom. The molecule has 0 aromatic heterocycles. The molecule has 2 heterocycles. The van der Waals surface area contributed by atoms with Gasteiger partial charge in [-0.25, -0.2) is 22.3 Å². The van der Waals surface area contributed by atoms with Gasteiger partial charge in [0.15, 0.2) is 0 Å². The number of rotatable bonds is 20. The van der Waals surface area contributed by atoms with Gasteiger partial charge < -0.3 is 29.9 Å². The van der Waals surface area contributed by atoms with Crippen LogP contribution in [-0.2, 0) is 46.7 Å². The van der Waals surface area contributed by atoms with E-state index in [2.05, 4.69) is 10.0 Å². The number of sulfonamides is 1. The summed E-state index contributed by atoms with van der Waals surface area (Å²) < 4.78 is 50.1. The molecule has 2 saturated heterocycles. The van der Waals surface area contributed by atoms with E-state index in [4.69, 9.17) is 9.47 Å². The summed E-state index contributed by atoms with van der Waals surface area (Å²) in [6.45, 7) is 4.15. The molecule has 4 N–H and O–H groups in total. The molecule has 2 fully saturated rings. The molecule has 5 rings (SSSR count). The minimum Gasteiger partial charge on any atom is -0.480 e. The van der Waals surface area contributed by atoms with Crippen molar-refractivity contribution in [1.82, 2.24) is 10.0 Å². The summed E-state index contributed by atoms with van der Waals surface area (Å²) in [4.78, 5) is 39.5. The number of carbonyl (C=O) groups is 3. The van der Waals surface area contributed by atoms with E-state index in [9.17, 15) is 37.4 Å². The lowest BCUT2D eigenvalue weighted by Gasteiger charge is -2.48. The van der Waals surface area contributed by atoms with Crippen LogP contribution in [0.1, 0.15) is 73.9 Å². The second kappa shape index (κ2) is 17.9. The molecule has 3 aromatic rings. The number of hydrogen-bond acceptors (Lipinski definition) is 8. The number of anilines is 1. The van der Waals surface area contributed by atoms with Crippen molar-refractivity contribution in [3.8, 4) is 0 Å². The van der Waals surface area contributed by atoms with E-state index >= 15 is 0 Å². The highest BCUT2D eigenvalue weighted by Crippen LogP contribution is 2.46. The van der Waals surface area contributed by atoms with Crippen molar-refractivity contribution in [2.45, 2.75) is 76.2 Å². The number of nitrogens with one attached hydrogen (secondary N) is 2. The maximum atomic E-state index is 13.7. The van der Waals surface area contributed by atoms with Crippen molar-refractivity contribution >= 4 is 33.5 Å². The van der Waals surface area contributed by atoms with Gasteiger partial charge in [-0.3, -0.25) is 9.59 Å². The number of β-lactam (4-membered cyclic amide) rings is 1. The monoisotopic (exact) mass is 767 g/mol. The Morgan fingerprint density at radius 2 is 1.63 bits per heavy atom. The van der Waals surface area contributed by atoms with Crippen molar-refractivity contribution in [2.75, 3.05) is 37.5 Å². The number of ether oxygens (including phenoxy) is 2. The van der Waals surface area contributed by atoms with Gasteiger partial charge in [-0.15, -0.1) is 0 Å². The van der Waals surface area contributed by atoms with E-state index in [-0.39, 0.29) is 36.2 Å². The Bertz CT molecular complexity index is 1850. The summed E-state index contributed by atoms with van der Waals surface area (Å²) in [6.07, 6.45) is 3.53. The fraction of sp³-hybridized carbons (Fsp3) is 0.475. The third kappa shape index (κ3) is 10.7. The summed E-state index contributed by atoms with van der Waals surface area (Å²) in [5.41, 5.74) is 3.64. The number of benzene rings is 3. The molecule has 2 aliphatic heterocycles. The zero-order valence-electron chi connectivity index (χ0n) is 30.9. The molecule has 4 atom stereocenters. The largest absolute Gasteiger partial charge is 0.480 e. The number of aryl methyl sites for hydroxylation is 2. The standard InChI is InChI=1S/C40H50FN3O9S/c1-26(2)36(39(48)49)43-35(46)23-53-40(24-52-25-40)21-20-28-6-10-30(11-7-28)37-33(18-19-34(45)29-12-14-31(41)15-13-29)38(47)44(37)32-16-8-27(9-17-32)5-4-22-42-54(3,50)51/h6-17,26,33-34,36-37,42,45H,4-5,18-25H2,1-3H3,(H,43,46)(H,48,49)/t33-,34?,36?,37?/m1/s1. The molecule has 0 bridgehead atoms. The minimum atomic E-state index is -3.25. The first-order valence-corrected chi connectivity index (χ1v) is 20.2. The molecule has 292 valence electrons. The fourth-order valence-electron chi connectivity index (χ4n) is 6.89. The summed E-state index contributed by atoms with van der Waals surface area (Å²) in [5, 5.41) is 22.8. The zero-order chi connectivity index (χ0) is 39.0. The number of aliphatic hydroxyl groups excluding tert-OH is 1. The van der Waals surface area contributed by atoms with Crippen molar-refractivity contribution in [3.05, 3.63) is 101 Å². The van der Waals surface area contributed by atoms with E-state index < -0.39 is 39.6 Å². The molecule has 0 aliphatic carbocycles. The van der Waals surface area contributed by atoms with Crippen LogP contribution in [0, 0.1) is 17.7 Å². The summed E-state index contributed by atoms with van der Waals surface area (Å²) in [5.74, 6) is -2.71. The number of amides is 2. The number of carbonyl (C=O) groups excluding carboxylic acids is 2. The molecule has 2 aliphatic rings. The van der Waals surface area contributed by atoms with Gasteiger partial charge in [0.1, 0.15) is 24.1 Å². The average Bonchev–Trinajstić information content (AvgIpc) is 3.11. The second-order valence-corrected chi connectivity index (χ2v) is 16.5. The van der Waals surface area contributed by atoms with E-state index in [1.807, 2.05) is 48.5 Å². The quantitative estimate of drug-likeness (QED) is 0.0957. The maximum Gasteiger partial charge on any atom is 0.326 e. The van der Waals surface area contributed by atoms with Crippen molar-refractivity contribution < 1.29 is 46.9 Å². The van der Waals surface area contributed by atoms with Gasteiger partial charge in [-0.1, -0.05) is 62.4 Å². The Morgan fingerprint density at radius 1 is 1.00 bits per heavy atom. The number of nitrogens with zero attached hydrogens (tertiary/aromatic N) is 1. The van der Waals surface area contributed by atoms with Crippen LogP contribution in [0.4, 0.5) is 10.1 Å². The van der Waals surface area contributed by atoms with Crippen molar-refractivity contribution in [3.63, 3.8) is 0 Å². The highest BCUT2D eigenvalue weighted by atomic mass is 32.2. The van der Waals surface area contributed by atoms with Crippen LogP contribution < -0.4 is 14.9 Å². The summed E-state index contributed by atoms with van der Waals surface area (Å²) >= 11 is 0. The van der Waals surface area contributed by atoms with Gasteiger partial charge in [0.25, 0.3) is 0 Å². The van der Waals surface area contributed by atoms with Gasteiger partial charge in [-0.2, -0.15) is 0 Å². The van der Waals surface area contributed by atoms with Gasteiger partial charge >= 0.3 is 5.97 Å². The molecule has 0 radical (unpaired) electrons. The number of halogens is 1. The number of carboxylic acids is 1. The normalized spacial score (nSPS) is 19.1. The average molecular weight is 768 g/mol. The highest BCUT2D eigenvalue weighted by molar-refractivity contribution is 7.88. The first kappa shape index (κ1) is 41.0. The van der Waals surface area contributed by atoms with Gasteiger partial charge in [0, 0.05) is 12.2 Å². The summed E-state index contributed by atoms with van der Waals surface area (Å²) in [7, 11) is -3.25. The predicted molar refractivity (Wildman–Crippen MR) is 201 cm³/mol. The SMILES string of the molecule is CC(C)C(NC(=O)COC1(CCc2ccc(C3[C@@H](CCC(O)c4ccc(F)cc4)C(=O)N3c3ccc(CCCNS(C)(=O)=O)cc3)cc2)COC1)C(=O)O. The van der Waals surface area contributed by atoms with E-state index in [0.29, 0.717) is 63.8 Å². The predicted octanol–water partition coefficient (Wildman–Crippen LogP) is 4.47. The number of carboxylic acid groups (broad SMARTS) is 1. The van der Waals surface area contributed by atoms with Crippen LogP contribution in [0.25, 0.3) is 0 Å². The van der Waals surface area contributed by atoms with Gasteiger partial charge in [-0.05, 0) is 91.0 Å². The topological polar surface area (TPSA) is 172 Å². The Kier molecular flexibility index (Phi) is 13.6. The Labute approximate surface area is 316 Å². The molecule has 54 heavy (non-hydrogen) atoms. The van der Waals surface area contributed by atoms with Crippen LogP contribution in [0.5, 0.6) is 0 Å². The van der Waals surface area contributed by atoms with Crippen LogP contribution in [0.3, 0.4) is 0 Å². The number of aliphatic hydroxyl groups is 1. The smallest absolute Gasteiger partial charge is 0.326 e. The maximum absolute atomic E-state index is 13.7. The van der Waals surface area contributed by atoms with Crippen molar-refractivity contribution in [1.29, 1.82) is 0 Å². The highest BCUT2D eigenvalue weighted by Gasteiger charge is 2.48. The van der Waals surface area contributed by atoms with Crippen LogP contribution in [0.15, 0.2) is 72.8 Å². The van der Waals surface area contributed by atoms with Crippen LogP contribution in [0.2, 0.25) is 0 Å². The third-order valence-electron chi connectivity index (χ3n) is 10.1. The summed E-state index contributed by atoms with van der Waals surface area (Å²) in [6, 6.07) is 20.1. The van der Waals surface area contributed by atoms with Crippen LogP contribution in [-0.4, -0.2) is 80.7 Å². The molecule has 0 spiro atoms. The third-order valence-corrected chi connectivity index (χ3v) is 10.8. The van der Waals surface area contributed by atoms with Gasteiger partial charge in [0.05, 0.1) is 37.5 Å². The number of aliphatic carboxylic acids is 1. The molecule has 0 saturated carbocycles. The molecular weight excluding hydrogens is 718 g/mol. The molecular formula is C40H50FN3O9S. The second-order valence-electron chi connectivity index (χ2n) is 14.7. The zero-order valence-corrected chi connectivity index (χ0v) is 31.7. The Balaban J connectivity index is 1.24.